The summed E-state index contributed by atoms with van der Waals surface area (Å²) in [6.07, 6.45) is 0.895. The summed E-state index contributed by atoms with van der Waals surface area (Å²) < 4.78 is 36.9. The molecule has 0 heterocycles. The molecule has 0 saturated heterocycles. The Bertz CT molecular complexity index is 577. The zero-order chi connectivity index (χ0) is 14.7. The normalized spacial score (nSPS) is 11.6. The number of rotatable bonds is 5. The number of hydrogen-bond donors (Lipinski definition) is 1. The number of hydrogen-bond acceptors (Lipinski definition) is 4. The second-order valence-electron chi connectivity index (χ2n) is 4.87. The molecule has 0 atom stereocenters. The summed E-state index contributed by atoms with van der Waals surface area (Å²) >= 11 is 0. The first-order chi connectivity index (χ1) is 8.67. The Balaban J connectivity index is 0. The zero-order valence-electron chi connectivity index (χ0n) is 13.2. The van der Waals surface area contributed by atoms with Crippen LogP contribution in [0.1, 0.15) is 25.1 Å². The van der Waals surface area contributed by atoms with E-state index in [1.54, 1.807) is 0 Å². The minimum atomic E-state index is -4.43. The Morgan fingerprint density at radius 1 is 1.35 bits per heavy atom. The second kappa shape index (κ2) is 7.43. The molecule has 1 aromatic rings. The van der Waals surface area contributed by atoms with Gasteiger partial charge in [0.05, 0.1) is 5.56 Å². The third-order valence-corrected chi connectivity index (χ3v) is 5.96. The maximum atomic E-state index is 12.0. The monoisotopic (exact) mass is 310 g/mol. The van der Waals surface area contributed by atoms with Crippen molar-refractivity contribution >= 4 is 24.4 Å². The molecule has 0 aliphatic carbocycles. The minimum absolute atomic E-state index is 0. The first kappa shape index (κ1) is 19.4. The molecule has 20 heavy (non-hydrogen) atoms. The average Bonchev–Trinajstić information content (AvgIpc) is 2.27. The van der Waals surface area contributed by atoms with Crippen LogP contribution in [0, 0.1) is 0 Å². The Kier molecular flexibility index (Phi) is 7.21. The third-order valence-electron chi connectivity index (χ3n) is 2.61. The minimum Gasteiger partial charge on any atom is -1.00 e. The van der Waals surface area contributed by atoms with Gasteiger partial charge in [-0.3, -0.25) is 4.55 Å². The van der Waals surface area contributed by atoms with Crippen LogP contribution in [0.3, 0.4) is 0 Å². The summed E-state index contributed by atoms with van der Waals surface area (Å²) in [7, 11) is -6.59. The maximum Gasteiger partial charge on any atom is 1.00 e. The fourth-order valence-electron chi connectivity index (χ4n) is 1.82. The van der Waals surface area contributed by atoms with Crippen molar-refractivity contribution in [3.63, 3.8) is 0 Å². The Morgan fingerprint density at radius 3 is 2.40 bits per heavy atom. The van der Waals surface area contributed by atoms with Gasteiger partial charge in [0.2, 0.25) is 8.32 Å². The summed E-state index contributed by atoms with van der Waals surface area (Å²) in [5, 5.41) is 0. The van der Waals surface area contributed by atoms with Crippen molar-refractivity contribution in [1.82, 2.24) is 0 Å². The molecule has 1 aromatic carbocycles. The third kappa shape index (κ3) is 5.42. The maximum absolute atomic E-state index is 12.0. The van der Waals surface area contributed by atoms with Crippen LogP contribution in [0.4, 0.5) is 0 Å². The van der Waals surface area contributed by atoms with Gasteiger partial charge in [-0.25, -0.2) is 4.79 Å². The molecule has 0 aliphatic rings. The van der Waals surface area contributed by atoms with E-state index in [4.69, 9.17) is 8.98 Å². The number of benzene rings is 1. The quantitative estimate of drug-likeness (QED) is 0.603. The summed E-state index contributed by atoms with van der Waals surface area (Å²) in [6, 6.07) is 6.28. The van der Waals surface area contributed by atoms with Crippen molar-refractivity contribution in [2.45, 2.75) is 37.4 Å². The molecule has 0 aromatic heterocycles. The van der Waals surface area contributed by atoms with E-state index in [0.717, 1.165) is 12.5 Å². The Hall–Kier alpha value is -0.586. The first-order valence-electron chi connectivity index (χ1n) is 5.97. The van der Waals surface area contributed by atoms with Crippen molar-refractivity contribution in [2.75, 3.05) is 0 Å². The van der Waals surface area contributed by atoms with Crippen LogP contribution in [0.5, 0.6) is 0 Å². The van der Waals surface area contributed by atoms with E-state index in [-0.39, 0.29) is 25.9 Å². The second-order valence-corrected chi connectivity index (χ2v) is 10.5. The molecule has 0 unspecified atom stereocenters. The van der Waals surface area contributed by atoms with Crippen molar-refractivity contribution in [3.8, 4) is 0 Å². The molecule has 5 nitrogen and oxygen atoms in total. The molecule has 0 saturated carbocycles. The summed E-state index contributed by atoms with van der Waals surface area (Å²) in [5.74, 6) is -0.696. The van der Waals surface area contributed by atoms with Gasteiger partial charge in [0.1, 0.15) is 4.90 Å². The van der Waals surface area contributed by atoms with Crippen LogP contribution < -0.4 is 18.9 Å². The molecule has 1 rings (SSSR count). The molecule has 0 fully saturated rings. The predicted molar refractivity (Wildman–Crippen MR) is 75.4 cm³/mol. The molecule has 0 radical (unpaired) electrons. The van der Waals surface area contributed by atoms with Gasteiger partial charge >= 0.3 is 24.8 Å². The van der Waals surface area contributed by atoms with Gasteiger partial charge in [0.25, 0.3) is 10.1 Å². The smallest absolute Gasteiger partial charge is 1.00 e. The molecule has 108 valence electrons. The van der Waals surface area contributed by atoms with Gasteiger partial charge in [-0.15, -0.1) is 0 Å². The molecule has 8 heteroatoms. The van der Waals surface area contributed by atoms with Crippen molar-refractivity contribution in [2.24, 2.45) is 0 Å². The predicted octanol–water partition coefficient (Wildman–Crippen LogP) is -0.178. The van der Waals surface area contributed by atoms with Gasteiger partial charge in [0.15, 0.2) is 0 Å². The van der Waals surface area contributed by atoms with Crippen LogP contribution in [-0.4, -0.2) is 27.3 Å². The first-order valence-corrected chi connectivity index (χ1v) is 10.5. The van der Waals surface area contributed by atoms with E-state index in [9.17, 15) is 13.2 Å². The molecular weight excluding hydrogens is 291 g/mol. The van der Waals surface area contributed by atoms with Gasteiger partial charge in [-0.05, 0) is 31.3 Å². The van der Waals surface area contributed by atoms with Crippen LogP contribution in [0.15, 0.2) is 29.2 Å². The van der Waals surface area contributed by atoms with Crippen molar-refractivity contribution in [3.05, 3.63) is 29.8 Å². The van der Waals surface area contributed by atoms with Gasteiger partial charge in [-0.2, -0.15) is 8.42 Å². The molecule has 0 amide bonds. The Labute approximate surface area is 134 Å². The van der Waals surface area contributed by atoms with E-state index in [1.165, 1.54) is 24.3 Å². The van der Waals surface area contributed by atoms with Gasteiger partial charge in [0, 0.05) is 0 Å². The summed E-state index contributed by atoms with van der Waals surface area (Å²) in [4.78, 5) is 11.6. The largest absolute Gasteiger partial charge is 1.00 e. The van der Waals surface area contributed by atoms with E-state index in [2.05, 4.69) is 0 Å². The molecule has 1 N–H and O–H groups in total. The van der Waals surface area contributed by atoms with Gasteiger partial charge < -0.3 is 5.85 Å². The number of carbonyl (C=O) groups excluding carboxylic acids is 1. The van der Waals surface area contributed by atoms with E-state index in [1.807, 2.05) is 20.0 Å². The topological polar surface area (TPSA) is 80.7 Å². The fourth-order valence-corrected chi connectivity index (χ4v) is 4.42. The van der Waals surface area contributed by atoms with Gasteiger partial charge in [-0.1, -0.05) is 25.5 Å². The standard InChI is InChI=1S/C12H18O5SSi.Li.H/c1-4-9-19(2,3)17-12(13)10-7-5-6-8-11(10)18(14,15)16;;/h5-8H,4,9H2,1-3H3,(H,14,15,16);;/q;+1;-1. The van der Waals surface area contributed by atoms with E-state index < -0.39 is 29.3 Å². The van der Waals surface area contributed by atoms with Crippen LogP contribution in [0.25, 0.3) is 0 Å². The van der Waals surface area contributed by atoms with Crippen LogP contribution in [0.2, 0.25) is 19.1 Å². The molecule has 0 aliphatic heterocycles. The zero-order valence-corrected chi connectivity index (χ0v) is 14.0. The van der Waals surface area contributed by atoms with Crippen LogP contribution in [-0.2, 0) is 14.5 Å². The average molecular weight is 310 g/mol. The van der Waals surface area contributed by atoms with E-state index >= 15 is 0 Å². The van der Waals surface area contributed by atoms with Crippen molar-refractivity contribution in [1.29, 1.82) is 0 Å². The fraction of sp³-hybridized carbons (Fsp3) is 0.417. The molecule has 0 spiro atoms. The Morgan fingerprint density at radius 2 is 1.90 bits per heavy atom. The number of carbonyl (C=O) groups is 1. The molecule has 0 bridgehead atoms. The van der Waals surface area contributed by atoms with Crippen molar-refractivity contribution < 1.29 is 42.5 Å². The van der Waals surface area contributed by atoms with Crippen LogP contribution >= 0.6 is 0 Å². The summed E-state index contributed by atoms with van der Waals surface area (Å²) in [6.45, 7) is 5.78. The SMILES string of the molecule is CCC[Si](C)(C)OC(=O)c1ccccc1S(=O)(=O)O.[H-].[Li+]. The van der Waals surface area contributed by atoms with E-state index in [0.29, 0.717) is 0 Å². The summed E-state index contributed by atoms with van der Waals surface area (Å²) in [5.41, 5.74) is -0.123. The molecular formula is C12H19LiO5SSi.